The molecule has 2 aromatic heterocycles. The van der Waals surface area contributed by atoms with Crippen molar-refractivity contribution in [3.05, 3.63) is 81.6 Å². The van der Waals surface area contributed by atoms with E-state index in [2.05, 4.69) is 10.9 Å². The average Bonchev–Trinajstić information content (AvgIpc) is 3.48. The number of ether oxygens (including phenoxy) is 1. The number of halogens is 3. The standard InChI is InChI=1S/C30H24ClF2N5O2S2/c1-35-26-25(19-4-8-23(9-5-19)40-15-14-39)24(16-34)29(37-27(26)38-12-10-30(32,33)11-13-38)42-18-22-17-41-28(36-22)20-2-6-21(31)7-3-20/h2-9,17,39H,10-15,18H2. The van der Waals surface area contributed by atoms with Gasteiger partial charge in [0.05, 0.1) is 24.4 Å². The number of piperidine rings is 1. The van der Waals surface area contributed by atoms with E-state index < -0.39 is 5.92 Å². The third kappa shape index (κ3) is 6.66. The van der Waals surface area contributed by atoms with E-state index in [1.165, 1.54) is 23.1 Å². The molecule has 0 amide bonds. The highest BCUT2D eigenvalue weighted by Crippen LogP contribution is 2.45. The fourth-order valence-corrected chi connectivity index (χ4v) is 6.46. The van der Waals surface area contributed by atoms with E-state index in [1.54, 1.807) is 41.3 Å². The van der Waals surface area contributed by atoms with E-state index in [9.17, 15) is 14.0 Å². The zero-order valence-corrected chi connectivity index (χ0v) is 24.6. The molecular weight excluding hydrogens is 600 g/mol. The van der Waals surface area contributed by atoms with E-state index in [-0.39, 0.29) is 56.2 Å². The molecule has 12 heteroatoms. The number of aliphatic hydroxyl groups excluding tert-OH is 1. The van der Waals surface area contributed by atoms with Crippen LogP contribution in [0.1, 0.15) is 24.1 Å². The van der Waals surface area contributed by atoms with Gasteiger partial charge in [-0.15, -0.1) is 11.3 Å². The van der Waals surface area contributed by atoms with E-state index >= 15 is 0 Å². The minimum atomic E-state index is -2.77. The number of hydrogen-bond acceptors (Lipinski definition) is 8. The monoisotopic (exact) mass is 623 g/mol. The van der Waals surface area contributed by atoms with Crippen LogP contribution in [0.15, 0.2) is 58.9 Å². The van der Waals surface area contributed by atoms with Crippen LogP contribution in [0.25, 0.3) is 26.5 Å². The molecule has 1 aliphatic rings. The maximum atomic E-state index is 14.0. The molecule has 5 rings (SSSR count). The maximum Gasteiger partial charge on any atom is 0.251 e. The van der Waals surface area contributed by atoms with Gasteiger partial charge in [0.1, 0.15) is 34.3 Å². The molecule has 0 radical (unpaired) electrons. The van der Waals surface area contributed by atoms with Crippen molar-refractivity contribution in [2.24, 2.45) is 0 Å². The maximum absolute atomic E-state index is 14.0. The highest BCUT2D eigenvalue weighted by atomic mass is 35.5. The number of aromatic nitrogens is 2. The van der Waals surface area contributed by atoms with Crippen molar-refractivity contribution in [2.45, 2.75) is 29.5 Å². The first-order chi connectivity index (χ1) is 20.3. The average molecular weight is 624 g/mol. The van der Waals surface area contributed by atoms with Crippen LogP contribution in [0.3, 0.4) is 0 Å². The van der Waals surface area contributed by atoms with Gasteiger partial charge in [0.25, 0.3) is 5.92 Å². The lowest BCUT2D eigenvalue weighted by atomic mass is 9.98. The summed E-state index contributed by atoms with van der Waals surface area (Å²) in [5, 5.41) is 23.2. The van der Waals surface area contributed by atoms with Gasteiger partial charge in [0.15, 0.2) is 0 Å². The van der Waals surface area contributed by atoms with Crippen LogP contribution in [0.2, 0.25) is 5.02 Å². The number of anilines is 1. The van der Waals surface area contributed by atoms with Crippen molar-refractivity contribution in [1.82, 2.24) is 9.97 Å². The zero-order chi connectivity index (χ0) is 29.7. The van der Waals surface area contributed by atoms with Crippen molar-refractivity contribution in [2.75, 3.05) is 31.2 Å². The molecule has 0 atom stereocenters. The van der Waals surface area contributed by atoms with Crippen LogP contribution in [0.5, 0.6) is 5.75 Å². The summed E-state index contributed by atoms with van der Waals surface area (Å²) < 4.78 is 33.5. The van der Waals surface area contributed by atoms with Gasteiger partial charge >= 0.3 is 0 Å². The van der Waals surface area contributed by atoms with Crippen molar-refractivity contribution in [3.63, 3.8) is 0 Å². The number of hydrogen-bond donors (Lipinski definition) is 1. The number of benzene rings is 2. The fraction of sp³-hybridized carbons (Fsp3) is 0.267. The number of rotatable bonds is 9. The van der Waals surface area contributed by atoms with E-state index in [4.69, 9.17) is 38.0 Å². The first-order valence-electron chi connectivity index (χ1n) is 13.0. The van der Waals surface area contributed by atoms with Gasteiger partial charge in [-0.25, -0.2) is 23.6 Å². The molecule has 7 nitrogen and oxygen atoms in total. The van der Waals surface area contributed by atoms with Gasteiger partial charge < -0.3 is 14.7 Å². The van der Waals surface area contributed by atoms with Crippen LogP contribution in [0.4, 0.5) is 20.3 Å². The Morgan fingerprint density at radius 2 is 1.81 bits per heavy atom. The number of nitriles is 1. The summed E-state index contributed by atoms with van der Waals surface area (Å²) in [6.07, 6.45) is -0.680. The topological polar surface area (TPSA) is 86.6 Å². The van der Waals surface area contributed by atoms with Gasteiger partial charge in [-0.1, -0.05) is 47.6 Å². The summed E-state index contributed by atoms with van der Waals surface area (Å²) in [5.41, 5.74) is 3.10. The Labute approximate surface area is 255 Å². The van der Waals surface area contributed by atoms with Crippen LogP contribution < -0.4 is 9.64 Å². The number of alkyl halides is 2. The van der Waals surface area contributed by atoms with Gasteiger partial charge in [0.2, 0.25) is 5.69 Å². The quantitative estimate of drug-likeness (QED) is 0.150. The molecule has 3 heterocycles. The van der Waals surface area contributed by atoms with Gasteiger partial charge in [-0.2, -0.15) is 5.26 Å². The Bertz CT molecular complexity index is 1640. The molecule has 214 valence electrons. The van der Waals surface area contributed by atoms with Crippen LogP contribution in [0, 0.1) is 17.9 Å². The largest absolute Gasteiger partial charge is 0.491 e. The molecule has 1 fully saturated rings. The molecule has 0 saturated carbocycles. The molecular formula is C30H24ClF2N5O2S2. The van der Waals surface area contributed by atoms with Crippen LogP contribution >= 0.6 is 34.7 Å². The number of pyridine rings is 1. The van der Waals surface area contributed by atoms with Crippen molar-refractivity contribution >= 4 is 46.2 Å². The van der Waals surface area contributed by atoms with Crippen molar-refractivity contribution < 1.29 is 18.6 Å². The molecule has 0 aliphatic carbocycles. The Morgan fingerprint density at radius 3 is 2.45 bits per heavy atom. The minimum Gasteiger partial charge on any atom is -0.491 e. The summed E-state index contributed by atoms with van der Waals surface area (Å²) in [4.78, 5) is 14.9. The second-order valence-corrected chi connectivity index (χ2v) is 11.7. The lowest BCUT2D eigenvalue weighted by Gasteiger charge is -2.34. The summed E-state index contributed by atoms with van der Waals surface area (Å²) >= 11 is 8.82. The van der Waals surface area contributed by atoms with Crippen LogP contribution in [-0.4, -0.2) is 47.3 Å². The lowest BCUT2D eigenvalue weighted by molar-refractivity contribution is -0.0221. The molecule has 0 spiro atoms. The van der Waals surface area contributed by atoms with E-state index in [0.29, 0.717) is 32.7 Å². The Morgan fingerprint density at radius 1 is 1.12 bits per heavy atom. The molecule has 0 bridgehead atoms. The van der Waals surface area contributed by atoms with Crippen molar-refractivity contribution in [1.29, 1.82) is 5.26 Å². The first-order valence-corrected chi connectivity index (χ1v) is 15.2. The van der Waals surface area contributed by atoms with Crippen molar-refractivity contribution in [3.8, 4) is 33.5 Å². The fourth-order valence-electron chi connectivity index (χ4n) is 4.53. The molecule has 2 aromatic carbocycles. The number of aliphatic hydroxyl groups is 1. The number of thioether (sulfide) groups is 1. The summed E-state index contributed by atoms with van der Waals surface area (Å²) in [6, 6.07) is 16.5. The van der Waals surface area contributed by atoms with E-state index in [1.807, 2.05) is 17.5 Å². The Kier molecular flexibility index (Phi) is 9.24. The second kappa shape index (κ2) is 13.1. The van der Waals surface area contributed by atoms with Crippen LogP contribution in [-0.2, 0) is 5.75 Å². The molecule has 1 saturated heterocycles. The molecule has 4 aromatic rings. The minimum absolute atomic E-state index is 0.0441. The third-order valence-electron chi connectivity index (χ3n) is 6.64. The first kappa shape index (κ1) is 29.7. The molecule has 1 N–H and O–H groups in total. The second-order valence-electron chi connectivity index (χ2n) is 9.44. The predicted octanol–water partition coefficient (Wildman–Crippen LogP) is 7.85. The lowest BCUT2D eigenvalue weighted by Crippen LogP contribution is -2.39. The highest BCUT2D eigenvalue weighted by molar-refractivity contribution is 7.98. The number of nitrogens with zero attached hydrogens (tertiary/aromatic N) is 5. The third-order valence-corrected chi connectivity index (χ3v) is 8.84. The summed E-state index contributed by atoms with van der Waals surface area (Å²) in [5.74, 6) is -1.54. The zero-order valence-electron chi connectivity index (χ0n) is 22.2. The van der Waals surface area contributed by atoms with Gasteiger partial charge in [-0.05, 0) is 29.8 Å². The Balaban J connectivity index is 1.52. The molecule has 0 unspecified atom stereocenters. The predicted molar refractivity (Wildman–Crippen MR) is 162 cm³/mol. The summed E-state index contributed by atoms with van der Waals surface area (Å²) in [7, 11) is 0. The van der Waals surface area contributed by atoms with Gasteiger partial charge in [0, 0.05) is 53.2 Å². The highest BCUT2D eigenvalue weighted by Gasteiger charge is 2.36. The molecule has 42 heavy (non-hydrogen) atoms. The van der Waals surface area contributed by atoms with E-state index in [0.717, 1.165) is 16.3 Å². The normalized spacial score (nSPS) is 14.3. The van der Waals surface area contributed by atoms with Gasteiger partial charge in [-0.3, -0.25) is 0 Å². The number of thiazole rings is 1. The smallest absolute Gasteiger partial charge is 0.251 e. The Hall–Kier alpha value is -3.74. The SMILES string of the molecule is [C-]#[N+]c1c(N2CCC(F)(F)CC2)nc(SCc2csc(-c3ccc(Cl)cc3)n2)c(C#N)c1-c1ccc(OCCO)cc1. The summed E-state index contributed by atoms with van der Waals surface area (Å²) in [6.45, 7) is 8.09. The molecule has 1 aliphatic heterocycles.